The zero-order chi connectivity index (χ0) is 17.2. The Hall–Kier alpha value is -1.80. The first kappa shape index (κ1) is 17.0. The number of halogens is 3. The zero-order valence-corrected chi connectivity index (χ0v) is 13.3. The van der Waals surface area contributed by atoms with Crippen molar-refractivity contribution in [2.24, 2.45) is 0 Å². The molecule has 2 heterocycles. The Kier molecular flexibility index (Phi) is 4.96. The van der Waals surface area contributed by atoms with Crippen molar-refractivity contribution in [1.82, 2.24) is 15.1 Å². The van der Waals surface area contributed by atoms with Gasteiger partial charge in [-0.1, -0.05) is 12.1 Å². The number of rotatable bonds is 2. The van der Waals surface area contributed by atoms with Crippen LogP contribution in [-0.4, -0.2) is 61.1 Å². The summed E-state index contributed by atoms with van der Waals surface area (Å²) in [6.07, 6.45) is -3.39. The number of alkyl halides is 3. The molecular formula is C16H21F3N4O. The van der Waals surface area contributed by atoms with Crippen molar-refractivity contribution < 1.29 is 18.0 Å². The topological polar surface area (TPSA) is 47.6 Å². The number of urea groups is 1. The van der Waals surface area contributed by atoms with E-state index in [0.717, 1.165) is 38.7 Å². The molecule has 0 spiro atoms. The molecule has 132 valence electrons. The normalized spacial score (nSPS) is 22.6. The van der Waals surface area contributed by atoms with Crippen LogP contribution in [0.25, 0.3) is 0 Å². The van der Waals surface area contributed by atoms with Gasteiger partial charge < -0.3 is 15.5 Å². The molecule has 5 nitrogen and oxygen atoms in total. The lowest BCUT2D eigenvalue weighted by atomic mass is 10.1. The van der Waals surface area contributed by atoms with Crippen molar-refractivity contribution in [2.75, 3.05) is 44.6 Å². The lowest BCUT2D eigenvalue weighted by Crippen LogP contribution is -2.53. The molecule has 3 rings (SSSR count). The zero-order valence-electron chi connectivity index (χ0n) is 13.3. The number of hydrogen-bond acceptors (Lipinski definition) is 3. The molecule has 0 aliphatic carbocycles. The molecule has 2 fully saturated rings. The van der Waals surface area contributed by atoms with Gasteiger partial charge in [-0.25, -0.2) is 4.79 Å². The number of hydrogen-bond donors (Lipinski definition) is 2. The van der Waals surface area contributed by atoms with Gasteiger partial charge >= 0.3 is 12.2 Å². The third-order valence-electron chi connectivity index (χ3n) is 4.63. The van der Waals surface area contributed by atoms with Gasteiger partial charge in [0.2, 0.25) is 0 Å². The van der Waals surface area contributed by atoms with Crippen molar-refractivity contribution in [1.29, 1.82) is 0 Å². The van der Waals surface area contributed by atoms with Crippen LogP contribution in [0.1, 0.15) is 12.0 Å². The quantitative estimate of drug-likeness (QED) is 0.866. The van der Waals surface area contributed by atoms with Crippen LogP contribution in [0.15, 0.2) is 24.3 Å². The molecule has 1 aromatic carbocycles. The molecule has 1 atom stereocenters. The summed E-state index contributed by atoms with van der Waals surface area (Å²) < 4.78 is 39.0. The molecule has 1 unspecified atom stereocenters. The van der Waals surface area contributed by atoms with Crippen LogP contribution in [0, 0.1) is 0 Å². The summed E-state index contributed by atoms with van der Waals surface area (Å²) in [5.41, 5.74) is -1.02. The molecule has 2 N–H and O–H groups in total. The van der Waals surface area contributed by atoms with Crippen molar-refractivity contribution in [2.45, 2.75) is 18.6 Å². The first-order valence-corrected chi connectivity index (χ1v) is 8.12. The summed E-state index contributed by atoms with van der Waals surface area (Å²) >= 11 is 0. The summed E-state index contributed by atoms with van der Waals surface area (Å²) in [6, 6.07) is 5.07. The number of anilines is 1. The molecule has 0 radical (unpaired) electrons. The number of para-hydroxylation sites is 1. The third-order valence-corrected chi connectivity index (χ3v) is 4.63. The van der Waals surface area contributed by atoms with E-state index in [1.807, 2.05) is 0 Å². The molecule has 0 bridgehead atoms. The number of carbonyl (C=O) groups is 1. The maximum Gasteiger partial charge on any atom is 0.418 e. The van der Waals surface area contributed by atoms with E-state index in [1.54, 1.807) is 4.90 Å². The number of piperazine rings is 1. The van der Waals surface area contributed by atoms with Crippen LogP contribution in [0.5, 0.6) is 0 Å². The highest BCUT2D eigenvalue weighted by atomic mass is 19.4. The van der Waals surface area contributed by atoms with Crippen LogP contribution in [0.2, 0.25) is 0 Å². The highest BCUT2D eigenvalue weighted by Gasteiger charge is 2.34. The van der Waals surface area contributed by atoms with E-state index in [0.29, 0.717) is 19.1 Å². The number of benzene rings is 1. The maximum absolute atomic E-state index is 13.0. The van der Waals surface area contributed by atoms with Crippen molar-refractivity contribution in [3.8, 4) is 0 Å². The molecule has 2 saturated heterocycles. The van der Waals surface area contributed by atoms with Crippen LogP contribution >= 0.6 is 0 Å². The van der Waals surface area contributed by atoms with Gasteiger partial charge in [-0.2, -0.15) is 13.2 Å². The first-order valence-electron chi connectivity index (χ1n) is 8.12. The van der Waals surface area contributed by atoms with Crippen LogP contribution < -0.4 is 10.6 Å². The molecule has 0 saturated carbocycles. The highest BCUT2D eigenvalue weighted by molar-refractivity contribution is 5.90. The third kappa shape index (κ3) is 3.81. The van der Waals surface area contributed by atoms with E-state index >= 15 is 0 Å². The highest BCUT2D eigenvalue weighted by Crippen LogP contribution is 2.34. The predicted octanol–water partition coefficient (Wildman–Crippen LogP) is 2.22. The number of amides is 2. The molecule has 0 aromatic heterocycles. The lowest BCUT2D eigenvalue weighted by Gasteiger charge is -2.37. The van der Waals surface area contributed by atoms with E-state index in [4.69, 9.17) is 0 Å². The largest absolute Gasteiger partial charge is 0.418 e. The van der Waals surface area contributed by atoms with E-state index in [9.17, 15) is 18.0 Å². The van der Waals surface area contributed by atoms with Crippen molar-refractivity contribution in [3.63, 3.8) is 0 Å². The van der Waals surface area contributed by atoms with Gasteiger partial charge in [-0.3, -0.25) is 4.90 Å². The predicted molar refractivity (Wildman–Crippen MR) is 84.9 cm³/mol. The van der Waals surface area contributed by atoms with Gasteiger partial charge in [-0.15, -0.1) is 0 Å². The average molecular weight is 342 g/mol. The van der Waals surface area contributed by atoms with Gasteiger partial charge in [0.15, 0.2) is 0 Å². The fourth-order valence-electron chi connectivity index (χ4n) is 3.27. The van der Waals surface area contributed by atoms with E-state index < -0.39 is 17.8 Å². The molecule has 8 heteroatoms. The summed E-state index contributed by atoms with van der Waals surface area (Å²) in [4.78, 5) is 16.2. The Labute approximate surface area is 138 Å². The Balaban J connectivity index is 1.59. The molecule has 2 aliphatic rings. The molecule has 2 amide bonds. The second kappa shape index (κ2) is 6.98. The second-order valence-corrected chi connectivity index (χ2v) is 6.14. The van der Waals surface area contributed by atoms with E-state index in [1.165, 1.54) is 18.2 Å². The van der Waals surface area contributed by atoms with Crippen LogP contribution in [-0.2, 0) is 6.18 Å². The summed E-state index contributed by atoms with van der Waals surface area (Å²) in [7, 11) is 0. The van der Waals surface area contributed by atoms with Crippen molar-refractivity contribution in [3.05, 3.63) is 29.8 Å². The van der Waals surface area contributed by atoms with Gasteiger partial charge in [0.1, 0.15) is 0 Å². The minimum absolute atomic E-state index is 0.197. The van der Waals surface area contributed by atoms with Crippen LogP contribution in [0.3, 0.4) is 0 Å². The van der Waals surface area contributed by atoms with Crippen molar-refractivity contribution >= 4 is 11.7 Å². The van der Waals surface area contributed by atoms with E-state index in [2.05, 4.69) is 15.5 Å². The Morgan fingerprint density at radius 3 is 2.50 bits per heavy atom. The second-order valence-electron chi connectivity index (χ2n) is 6.14. The first-order chi connectivity index (χ1) is 11.4. The SMILES string of the molecule is O=C(Nc1ccccc1C(F)(F)F)N1CCN(C2CCNC2)CC1. The summed E-state index contributed by atoms with van der Waals surface area (Å²) in [6.45, 7) is 4.53. The van der Waals surface area contributed by atoms with E-state index in [-0.39, 0.29) is 5.69 Å². The van der Waals surface area contributed by atoms with Gasteiger partial charge in [0, 0.05) is 38.8 Å². The Bertz CT molecular complexity index is 579. The molecular weight excluding hydrogens is 321 g/mol. The maximum atomic E-state index is 13.0. The molecule has 2 aliphatic heterocycles. The summed E-state index contributed by atoms with van der Waals surface area (Å²) in [5.74, 6) is 0. The number of nitrogens with one attached hydrogen (secondary N) is 2. The molecule has 1 aromatic rings. The van der Waals surface area contributed by atoms with Gasteiger partial charge in [0.25, 0.3) is 0 Å². The standard InChI is InChI=1S/C16H21F3N4O/c17-16(18,19)13-3-1-2-4-14(13)21-15(24)23-9-7-22(8-10-23)12-5-6-20-11-12/h1-4,12,20H,5-11H2,(H,21,24). The molecule has 24 heavy (non-hydrogen) atoms. The minimum atomic E-state index is -4.49. The Morgan fingerprint density at radius 1 is 1.17 bits per heavy atom. The minimum Gasteiger partial charge on any atom is -0.322 e. The average Bonchev–Trinajstić information content (AvgIpc) is 3.09. The fourth-order valence-corrected chi connectivity index (χ4v) is 3.27. The lowest BCUT2D eigenvalue weighted by molar-refractivity contribution is -0.136. The monoisotopic (exact) mass is 342 g/mol. The summed E-state index contributed by atoms with van der Waals surface area (Å²) in [5, 5.41) is 5.72. The van der Waals surface area contributed by atoms with Crippen LogP contribution in [0.4, 0.5) is 23.7 Å². The van der Waals surface area contributed by atoms with Gasteiger partial charge in [0.05, 0.1) is 11.3 Å². The smallest absolute Gasteiger partial charge is 0.322 e. The number of nitrogens with zero attached hydrogens (tertiary/aromatic N) is 2. The van der Waals surface area contributed by atoms with Gasteiger partial charge in [-0.05, 0) is 25.1 Å². The fraction of sp³-hybridized carbons (Fsp3) is 0.562. The number of carbonyl (C=O) groups excluding carboxylic acids is 1. The Morgan fingerprint density at radius 2 is 1.88 bits per heavy atom.